The number of anilines is 1. The van der Waals surface area contributed by atoms with E-state index in [-0.39, 0.29) is 5.91 Å². The summed E-state index contributed by atoms with van der Waals surface area (Å²) in [7, 11) is 1.85. The number of nitrogens with zero attached hydrogens (tertiary/aromatic N) is 1. The van der Waals surface area contributed by atoms with Gasteiger partial charge in [-0.25, -0.2) is 0 Å². The SMILES string of the molecule is Cc1cc(C(=O)N(C)CC2CCCOC2)ccc1NN. The Balaban J connectivity index is 2.00. The second kappa shape index (κ2) is 6.72. The van der Waals surface area contributed by atoms with E-state index in [0.717, 1.165) is 43.9 Å². The lowest BCUT2D eigenvalue weighted by Crippen LogP contribution is -2.35. The van der Waals surface area contributed by atoms with Crippen molar-refractivity contribution in [3.05, 3.63) is 29.3 Å². The lowest BCUT2D eigenvalue weighted by atomic mass is 10.0. The standard InChI is InChI=1S/C15H23N3O2/c1-11-8-13(5-6-14(11)17-16)15(19)18(2)9-12-4-3-7-20-10-12/h5-6,8,12,17H,3-4,7,9-10,16H2,1-2H3. The number of ether oxygens (including phenoxy) is 1. The minimum atomic E-state index is 0.0437. The third-order valence-electron chi connectivity index (χ3n) is 3.76. The fourth-order valence-electron chi connectivity index (χ4n) is 2.60. The van der Waals surface area contributed by atoms with Crippen LogP contribution in [0.2, 0.25) is 0 Å². The van der Waals surface area contributed by atoms with Gasteiger partial charge in [0.25, 0.3) is 5.91 Å². The van der Waals surface area contributed by atoms with Gasteiger partial charge in [0.2, 0.25) is 0 Å². The van der Waals surface area contributed by atoms with Crippen LogP contribution in [0.5, 0.6) is 0 Å². The second-order valence-corrected chi connectivity index (χ2v) is 5.44. The Morgan fingerprint density at radius 3 is 2.95 bits per heavy atom. The topological polar surface area (TPSA) is 67.6 Å². The second-order valence-electron chi connectivity index (χ2n) is 5.44. The summed E-state index contributed by atoms with van der Waals surface area (Å²) in [5.41, 5.74) is 5.11. The molecular weight excluding hydrogens is 254 g/mol. The Morgan fingerprint density at radius 1 is 1.55 bits per heavy atom. The van der Waals surface area contributed by atoms with E-state index < -0.39 is 0 Å². The first-order valence-corrected chi connectivity index (χ1v) is 7.02. The number of hydrogen-bond acceptors (Lipinski definition) is 4. The van der Waals surface area contributed by atoms with Crippen molar-refractivity contribution >= 4 is 11.6 Å². The molecule has 1 amide bonds. The number of benzene rings is 1. The van der Waals surface area contributed by atoms with Gasteiger partial charge < -0.3 is 15.1 Å². The van der Waals surface area contributed by atoms with Crippen LogP contribution in [0.15, 0.2) is 18.2 Å². The van der Waals surface area contributed by atoms with Crippen molar-refractivity contribution in [2.75, 3.05) is 32.2 Å². The largest absolute Gasteiger partial charge is 0.381 e. The number of rotatable bonds is 4. The Morgan fingerprint density at radius 2 is 2.35 bits per heavy atom. The number of nitrogens with one attached hydrogen (secondary N) is 1. The van der Waals surface area contributed by atoms with Crippen LogP contribution in [-0.4, -0.2) is 37.6 Å². The summed E-state index contributed by atoms with van der Waals surface area (Å²) < 4.78 is 5.46. The van der Waals surface area contributed by atoms with Gasteiger partial charge in [-0.2, -0.15) is 0 Å². The van der Waals surface area contributed by atoms with Crippen molar-refractivity contribution in [1.82, 2.24) is 4.90 Å². The van der Waals surface area contributed by atoms with Crippen LogP contribution in [0.25, 0.3) is 0 Å². The molecule has 20 heavy (non-hydrogen) atoms. The predicted octanol–water partition coefficient (Wildman–Crippen LogP) is 1.78. The van der Waals surface area contributed by atoms with Gasteiger partial charge in [-0.15, -0.1) is 0 Å². The molecule has 1 aliphatic rings. The zero-order valence-electron chi connectivity index (χ0n) is 12.2. The molecule has 1 aromatic rings. The Bertz CT molecular complexity index is 470. The zero-order chi connectivity index (χ0) is 14.5. The van der Waals surface area contributed by atoms with Crippen molar-refractivity contribution in [1.29, 1.82) is 0 Å². The van der Waals surface area contributed by atoms with Gasteiger partial charge >= 0.3 is 0 Å². The predicted molar refractivity (Wildman–Crippen MR) is 79.5 cm³/mol. The van der Waals surface area contributed by atoms with Gasteiger partial charge in [-0.1, -0.05) is 0 Å². The summed E-state index contributed by atoms with van der Waals surface area (Å²) in [5, 5.41) is 0. The summed E-state index contributed by atoms with van der Waals surface area (Å²) in [6, 6.07) is 5.50. The average molecular weight is 277 g/mol. The van der Waals surface area contributed by atoms with Crippen molar-refractivity contribution in [3.8, 4) is 0 Å². The van der Waals surface area contributed by atoms with Crippen molar-refractivity contribution in [2.24, 2.45) is 11.8 Å². The summed E-state index contributed by atoms with van der Waals surface area (Å²) in [4.78, 5) is 14.2. The van der Waals surface area contributed by atoms with E-state index in [0.29, 0.717) is 11.5 Å². The molecule has 1 aromatic carbocycles. The zero-order valence-corrected chi connectivity index (χ0v) is 12.2. The lowest BCUT2D eigenvalue weighted by Gasteiger charge is -2.27. The summed E-state index contributed by atoms with van der Waals surface area (Å²) >= 11 is 0. The minimum Gasteiger partial charge on any atom is -0.381 e. The van der Waals surface area contributed by atoms with Crippen LogP contribution in [-0.2, 0) is 4.74 Å². The lowest BCUT2D eigenvalue weighted by molar-refractivity contribution is 0.0388. The number of aryl methyl sites for hydroxylation is 1. The highest BCUT2D eigenvalue weighted by Crippen LogP contribution is 2.18. The van der Waals surface area contributed by atoms with Crippen molar-refractivity contribution < 1.29 is 9.53 Å². The fraction of sp³-hybridized carbons (Fsp3) is 0.533. The van der Waals surface area contributed by atoms with Gasteiger partial charge in [-0.05, 0) is 49.4 Å². The number of hydrogen-bond donors (Lipinski definition) is 2. The van der Waals surface area contributed by atoms with E-state index in [2.05, 4.69) is 5.43 Å². The van der Waals surface area contributed by atoms with Crippen LogP contribution < -0.4 is 11.3 Å². The smallest absolute Gasteiger partial charge is 0.253 e. The fourth-order valence-corrected chi connectivity index (χ4v) is 2.60. The quantitative estimate of drug-likeness (QED) is 0.650. The number of nitrogens with two attached hydrogens (primary N) is 1. The molecule has 1 heterocycles. The first-order chi connectivity index (χ1) is 9.61. The highest BCUT2D eigenvalue weighted by molar-refractivity contribution is 5.94. The van der Waals surface area contributed by atoms with Crippen molar-refractivity contribution in [3.63, 3.8) is 0 Å². The van der Waals surface area contributed by atoms with Crippen LogP contribution in [0.3, 0.4) is 0 Å². The third kappa shape index (κ3) is 3.49. The maximum Gasteiger partial charge on any atom is 0.253 e. The number of carbonyl (C=O) groups excluding carboxylic acids is 1. The van der Waals surface area contributed by atoms with E-state index in [1.54, 1.807) is 11.0 Å². The molecular formula is C15H23N3O2. The molecule has 1 saturated heterocycles. The Hall–Kier alpha value is -1.59. The van der Waals surface area contributed by atoms with E-state index >= 15 is 0 Å². The summed E-state index contributed by atoms with van der Waals surface area (Å²) in [5.74, 6) is 5.89. The molecule has 0 spiro atoms. The average Bonchev–Trinajstić information content (AvgIpc) is 2.47. The van der Waals surface area contributed by atoms with Crippen LogP contribution >= 0.6 is 0 Å². The molecule has 5 heteroatoms. The summed E-state index contributed by atoms with van der Waals surface area (Å²) in [6.45, 7) is 4.28. The van der Waals surface area contributed by atoms with Crippen LogP contribution in [0.4, 0.5) is 5.69 Å². The van der Waals surface area contributed by atoms with Crippen LogP contribution in [0, 0.1) is 12.8 Å². The molecule has 5 nitrogen and oxygen atoms in total. The van der Waals surface area contributed by atoms with E-state index in [1.807, 2.05) is 26.1 Å². The van der Waals surface area contributed by atoms with Gasteiger partial charge in [0.1, 0.15) is 0 Å². The summed E-state index contributed by atoms with van der Waals surface area (Å²) in [6.07, 6.45) is 2.22. The van der Waals surface area contributed by atoms with Gasteiger partial charge in [0, 0.05) is 25.8 Å². The number of nitrogen functional groups attached to an aromatic ring is 1. The molecule has 0 aliphatic carbocycles. The molecule has 110 valence electrons. The maximum absolute atomic E-state index is 12.4. The van der Waals surface area contributed by atoms with E-state index in [1.165, 1.54) is 0 Å². The molecule has 1 fully saturated rings. The molecule has 1 atom stereocenters. The third-order valence-corrected chi connectivity index (χ3v) is 3.76. The van der Waals surface area contributed by atoms with Gasteiger partial charge in [0.05, 0.1) is 12.3 Å². The van der Waals surface area contributed by atoms with Crippen LogP contribution in [0.1, 0.15) is 28.8 Å². The molecule has 0 bridgehead atoms. The Labute approximate surface area is 120 Å². The molecule has 0 radical (unpaired) electrons. The first-order valence-electron chi connectivity index (χ1n) is 7.02. The highest BCUT2D eigenvalue weighted by atomic mass is 16.5. The molecule has 0 saturated carbocycles. The van der Waals surface area contributed by atoms with E-state index in [9.17, 15) is 4.79 Å². The van der Waals surface area contributed by atoms with Crippen molar-refractivity contribution in [2.45, 2.75) is 19.8 Å². The normalized spacial score (nSPS) is 18.6. The van der Waals surface area contributed by atoms with E-state index in [4.69, 9.17) is 10.6 Å². The number of amides is 1. The first kappa shape index (κ1) is 14.8. The number of carbonyl (C=O) groups is 1. The van der Waals surface area contributed by atoms with Gasteiger partial charge in [0.15, 0.2) is 0 Å². The molecule has 0 aromatic heterocycles. The molecule has 1 aliphatic heterocycles. The molecule has 2 rings (SSSR count). The maximum atomic E-state index is 12.4. The highest BCUT2D eigenvalue weighted by Gasteiger charge is 2.19. The molecule has 3 N–H and O–H groups in total. The minimum absolute atomic E-state index is 0.0437. The molecule has 1 unspecified atom stereocenters. The Kier molecular flexibility index (Phi) is 4.98. The monoisotopic (exact) mass is 277 g/mol. The van der Waals surface area contributed by atoms with Gasteiger partial charge in [-0.3, -0.25) is 10.6 Å². The number of hydrazine groups is 1.